The molecule has 40 heavy (non-hydrogen) atoms. The Kier molecular flexibility index (Phi) is 5.84. The van der Waals surface area contributed by atoms with Crippen molar-refractivity contribution in [2.45, 2.75) is 24.5 Å². The van der Waals surface area contributed by atoms with E-state index in [1.807, 2.05) is 84.9 Å². The van der Waals surface area contributed by atoms with Crippen LogP contribution in [0.1, 0.15) is 16.7 Å². The summed E-state index contributed by atoms with van der Waals surface area (Å²) < 4.78 is 0. The second kappa shape index (κ2) is 9.44. The molecule has 0 bridgehead atoms. The zero-order valence-corrected chi connectivity index (χ0v) is 22.3. The lowest BCUT2D eigenvalue weighted by Gasteiger charge is -2.31. The summed E-state index contributed by atoms with van der Waals surface area (Å²) in [6.45, 7) is 0.362. The summed E-state index contributed by atoms with van der Waals surface area (Å²) in [7, 11) is 0. The maximum atomic E-state index is 14.6. The highest BCUT2D eigenvalue weighted by atomic mass is 35.5. The number of anilines is 2. The smallest absolute Gasteiger partial charge is 0.253 e. The Morgan fingerprint density at radius 3 is 2.15 bits per heavy atom. The van der Waals surface area contributed by atoms with E-state index in [4.69, 9.17) is 11.6 Å². The largest absolute Gasteiger partial charge is 0.306 e. The van der Waals surface area contributed by atoms with Gasteiger partial charge in [0.15, 0.2) is 0 Å². The average Bonchev–Trinajstić information content (AvgIpc) is 3.53. The van der Waals surface area contributed by atoms with E-state index in [1.165, 1.54) is 4.90 Å². The first-order valence-electron chi connectivity index (χ1n) is 13.4. The molecule has 0 saturated carbocycles. The first kappa shape index (κ1) is 24.8. The summed E-state index contributed by atoms with van der Waals surface area (Å²) in [6.07, 6.45) is 0.500. The first-order chi connectivity index (χ1) is 19.5. The van der Waals surface area contributed by atoms with Gasteiger partial charge in [-0.1, -0.05) is 96.5 Å². The van der Waals surface area contributed by atoms with E-state index < -0.39 is 23.4 Å². The van der Waals surface area contributed by atoms with Gasteiger partial charge in [-0.05, 0) is 41.8 Å². The van der Waals surface area contributed by atoms with E-state index in [-0.39, 0.29) is 17.7 Å². The van der Waals surface area contributed by atoms with Gasteiger partial charge in [0, 0.05) is 22.3 Å². The van der Waals surface area contributed by atoms with Crippen LogP contribution in [0.15, 0.2) is 109 Å². The van der Waals surface area contributed by atoms with E-state index in [0.29, 0.717) is 23.7 Å². The number of hydrogen-bond donors (Lipinski definition) is 1. The molecule has 7 rings (SSSR count). The summed E-state index contributed by atoms with van der Waals surface area (Å²) in [6, 6.07) is 33.6. The van der Waals surface area contributed by atoms with Gasteiger partial charge in [0.2, 0.25) is 11.8 Å². The molecular formula is C33H26ClN3O3. The Hall–Kier alpha value is -4.26. The minimum absolute atomic E-state index is 0.211. The molecule has 0 aromatic heterocycles. The molecule has 4 unspecified atom stereocenters. The molecule has 0 aliphatic carbocycles. The molecule has 6 nitrogen and oxygen atoms in total. The highest BCUT2D eigenvalue weighted by molar-refractivity contribution is 6.31. The molecule has 7 heteroatoms. The normalized spacial score (nSPS) is 25.1. The Morgan fingerprint density at radius 2 is 1.43 bits per heavy atom. The summed E-state index contributed by atoms with van der Waals surface area (Å²) in [5, 5.41) is 4.03. The maximum Gasteiger partial charge on any atom is 0.253 e. The van der Waals surface area contributed by atoms with Crippen LogP contribution < -0.4 is 15.1 Å². The number of carbonyl (C=O) groups is 3. The number of hydrogen-bond acceptors (Lipinski definition) is 4. The van der Waals surface area contributed by atoms with Crippen molar-refractivity contribution in [3.05, 3.63) is 131 Å². The molecular weight excluding hydrogens is 522 g/mol. The van der Waals surface area contributed by atoms with Crippen LogP contribution in [0.4, 0.5) is 11.4 Å². The van der Waals surface area contributed by atoms with E-state index >= 15 is 0 Å². The van der Waals surface area contributed by atoms with Crippen molar-refractivity contribution >= 4 is 40.7 Å². The van der Waals surface area contributed by atoms with Crippen molar-refractivity contribution in [1.82, 2.24) is 5.32 Å². The van der Waals surface area contributed by atoms with Crippen LogP contribution in [0, 0.1) is 11.8 Å². The summed E-state index contributed by atoms with van der Waals surface area (Å²) >= 11 is 6.26. The van der Waals surface area contributed by atoms with Crippen LogP contribution in [-0.2, 0) is 32.9 Å². The van der Waals surface area contributed by atoms with Crippen LogP contribution in [0.25, 0.3) is 0 Å². The Bertz CT molecular complexity index is 1640. The number of nitrogens with one attached hydrogen (secondary N) is 1. The molecule has 1 N–H and O–H groups in total. The maximum absolute atomic E-state index is 14.6. The zero-order valence-electron chi connectivity index (χ0n) is 21.5. The molecule has 3 aliphatic heterocycles. The summed E-state index contributed by atoms with van der Waals surface area (Å²) in [5.41, 5.74) is 2.55. The minimum Gasteiger partial charge on any atom is -0.306 e. The van der Waals surface area contributed by atoms with Crippen LogP contribution in [-0.4, -0.2) is 23.8 Å². The highest BCUT2D eigenvalue weighted by Crippen LogP contribution is 2.55. The quantitative estimate of drug-likeness (QED) is 0.353. The number of halogens is 1. The number of para-hydroxylation sites is 1. The molecule has 4 aromatic carbocycles. The molecule has 198 valence electrons. The third-order valence-corrected chi connectivity index (χ3v) is 8.65. The van der Waals surface area contributed by atoms with E-state index in [9.17, 15) is 14.4 Å². The molecule has 2 fully saturated rings. The van der Waals surface area contributed by atoms with Gasteiger partial charge in [-0.2, -0.15) is 0 Å². The fourth-order valence-corrected chi connectivity index (χ4v) is 6.97. The lowest BCUT2D eigenvalue weighted by Crippen LogP contribution is -2.55. The van der Waals surface area contributed by atoms with Crippen molar-refractivity contribution in [3.63, 3.8) is 0 Å². The topological polar surface area (TPSA) is 69.7 Å². The number of nitrogens with zero attached hydrogens (tertiary/aromatic N) is 2. The molecule has 4 atom stereocenters. The van der Waals surface area contributed by atoms with Gasteiger partial charge in [-0.15, -0.1) is 0 Å². The molecule has 3 amide bonds. The van der Waals surface area contributed by atoms with Gasteiger partial charge >= 0.3 is 0 Å². The Balaban J connectivity index is 1.37. The Labute approximate surface area is 237 Å². The van der Waals surface area contributed by atoms with Crippen LogP contribution in [0.3, 0.4) is 0 Å². The fourth-order valence-electron chi connectivity index (χ4n) is 6.78. The summed E-state index contributed by atoms with van der Waals surface area (Å²) in [4.78, 5) is 46.1. The van der Waals surface area contributed by atoms with Crippen LogP contribution in [0.2, 0.25) is 5.02 Å². The lowest BCUT2D eigenvalue weighted by molar-refractivity contribution is -0.132. The SMILES string of the molecule is O=C1C2C(Cc3ccccc3)NC3(C(=O)N(Cc4ccccc4)c4ccccc43)C2C(=O)N1c1cccc(Cl)c1. The van der Waals surface area contributed by atoms with Gasteiger partial charge in [-0.3, -0.25) is 19.7 Å². The molecule has 0 radical (unpaired) electrons. The van der Waals surface area contributed by atoms with Crippen molar-refractivity contribution < 1.29 is 14.4 Å². The second-order valence-electron chi connectivity index (χ2n) is 10.6. The van der Waals surface area contributed by atoms with Crippen molar-refractivity contribution in [2.24, 2.45) is 11.8 Å². The number of carbonyl (C=O) groups excluding carboxylic acids is 3. The van der Waals surface area contributed by atoms with Gasteiger partial charge in [0.1, 0.15) is 5.54 Å². The van der Waals surface area contributed by atoms with Gasteiger partial charge < -0.3 is 4.90 Å². The molecule has 3 aliphatic rings. The molecule has 4 aromatic rings. The fraction of sp³-hybridized carbons (Fsp3) is 0.182. The lowest BCUT2D eigenvalue weighted by atomic mass is 9.76. The first-order valence-corrected chi connectivity index (χ1v) is 13.8. The van der Waals surface area contributed by atoms with Gasteiger partial charge in [0.25, 0.3) is 5.91 Å². The third kappa shape index (κ3) is 3.64. The number of rotatable bonds is 5. The zero-order chi connectivity index (χ0) is 27.4. The Morgan fingerprint density at radius 1 is 0.750 bits per heavy atom. The number of benzene rings is 4. The third-order valence-electron chi connectivity index (χ3n) is 8.41. The second-order valence-corrected chi connectivity index (χ2v) is 11.1. The van der Waals surface area contributed by atoms with Crippen molar-refractivity contribution in [1.29, 1.82) is 0 Å². The van der Waals surface area contributed by atoms with Crippen molar-refractivity contribution in [3.8, 4) is 0 Å². The monoisotopic (exact) mass is 547 g/mol. The van der Waals surface area contributed by atoms with Crippen molar-refractivity contribution in [2.75, 3.05) is 9.80 Å². The minimum atomic E-state index is -1.37. The molecule has 3 heterocycles. The van der Waals surface area contributed by atoms with Gasteiger partial charge in [0.05, 0.1) is 24.1 Å². The van der Waals surface area contributed by atoms with Crippen LogP contribution in [0.5, 0.6) is 0 Å². The van der Waals surface area contributed by atoms with E-state index in [1.54, 1.807) is 29.2 Å². The van der Waals surface area contributed by atoms with E-state index in [0.717, 1.165) is 22.4 Å². The average molecular weight is 548 g/mol. The number of fused-ring (bicyclic) bond motifs is 4. The predicted octanol–water partition coefficient (Wildman–Crippen LogP) is 5.10. The predicted molar refractivity (Wildman–Crippen MR) is 154 cm³/mol. The number of amides is 3. The van der Waals surface area contributed by atoms with Gasteiger partial charge in [-0.25, -0.2) is 4.90 Å². The standard InChI is InChI=1S/C33H26ClN3O3/c34-23-14-9-15-24(19-23)37-30(38)28-26(18-21-10-3-1-4-11-21)35-33(29(28)31(37)39)25-16-7-8-17-27(25)36(32(33)40)20-22-12-5-2-6-13-22/h1-17,19,26,28-29,35H,18,20H2. The molecule has 1 spiro atoms. The highest BCUT2D eigenvalue weighted by Gasteiger charge is 2.71. The van der Waals surface area contributed by atoms with Crippen LogP contribution >= 0.6 is 11.6 Å². The summed E-state index contributed by atoms with van der Waals surface area (Å²) in [5.74, 6) is -2.53. The number of imide groups is 1. The van der Waals surface area contributed by atoms with E-state index in [2.05, 4.69) is 5.32 Å². The molecule has 2 saturated heterocycles.